The summed E-state index contributed by atoms with van der Waals surface area (Å²) >= 11 is 5.40. The van der Waals surface area contributed by atoms with Crippen LogP contribution >= 0.6 is 11.6 Å². The minimum atomic E-state index is -2.54. The molecule has 0 saturated carbocycles. The summed E-state index contributed by atoms with van der Waals surface area (Å²) in [5.74, 6) is -0.117. The Kier molecular flexibility index (Phi) is 4.26. The van der Waals surface area contributed by atoms with E-state index in [1.165, 1.54) is 6.07 Å². The van der Waals surface area contributed by atoms with E-state index in [1.807, 2.05) is 0 Å². The van der Waals surface area contributed by atoms with Gasteiger partial charge in [-0.1, -0.05) is 18.7 Å². The first-order chi connectivity index (χ1) is 7.45. The van der Waals surface area contributed by atoms with Gasteiger partial charge in [-0.05, 0) is 41.3 Å². The molecule has 3 nitrogen and oxygen atoms in total. The van der Waals surface area contributed by atoms with E-state index >= 15 is 0 Å². The van der Waals surface area contributed by atoms with Crippen LogP contribution in [-0.2, 0) is 16.5 Å². The van der Waals surface area contributed by atoms with Crippen LogP contribution in [-0.4, -0.2) is 13.7 Å². The molecule has 0 bridgehead atoms. The molecule has 0 radical (unpaired) electrons. The monoisotopic (exact) mass is 258 g/mol. The van der Waals surface area contributed by atoms with Crippen LogP contribution in [0.2, 0.25) is 0 Å². The standard InChI is InChI=1S/C11H11ClO3S/c1-3-8-4-7(2)10(11(12)13)5-9(8)6-16(14)15/h3-5,16H,1,6H2,2H3. The number of carbonyl (C=O) groups is 1. The van der Waals surface area contributed by atoms with Crippen molar-refractivity contribution in [2.24, 2.45) is 0 Å². The zero-order chi connectivity index (χ0) is 12.3. The molecule has 0 spiro atoms. The van der Waals surface area contributed by atoms with E-state index in [0.29, 0.717) is 22.3 Å². The van der Waals surface area contributed by atoms with Gasteiger partial charge in [-0.2, -0.15) is 0 Å². The highest BCUT2D eigenvalue weighted by Crippen LogP contribution is 2.20. The fourth-order valence-electron chi connectivity index (χ4n) is 1.45. The molecular formula is C11H11ClO3S. The second-order valence-electron chi connectivity index (χ2n) is 3.33. The average molecular weight is 259 g/mol. The van der Waals surface area contributed by atoms with Gasteiger partial charge in [0.15, 0.2) is 0 Å². The zero-order valence-corrected chi connectivity index (χ0v) is 10.3. The molecule has 0 N–H and O–H groups in total. The van der Waals surface area contributed by atoms with Gasteiger partial charge in [-0.3, -0.25) is 4.79 Å². The molecule has 0 saturated heterocycles. The van der Waals surface area contributed by atoms with E-state index in [2.05, 4.69) is 6.58 Å². The predicted molar refractivity (Wildman–Crippen MR) is 65.5 cm³/mol. The smallest absolute Gasteiger partial charge is 0.252 e. The summed E-state index contributed by atoms with van der Waals surface area (Å²) in [4.78, 5) is 11.1. The lowest BCUT2D eigenvalue weighted by Gasteiger charge is -2.07. The topological polar surface area (TPSA) is 51.2 Å². The number of hydrogen-bond donors (Lipinski definition) is 1. The third kappa shape index (κ3) is 2.93. The Morgan fingerprint density at radius 1 is 1.50 bits per heavy atom. The highest BCUT2D eigenvalue weighted by molar-refractivity contribution is 7.71. The number of hydrogen-bond acceptors (Lipinski definition) is 3. The van der Waals surface area contributed by atoms with Crippen LogP contribution in [0.4, 0.5) is 0 Å². The van der Waals surface area contributed by atoms with Gasteiger partial charge in [0.1, 0.15) is 10.7 Å². The van der Waals surface area contributed by atoms with E-state index in [0.717, 1.165) is 0 Å². The Balaban J connectivity index is 3.39. The van der Waals surface area contributed by atoms with Crippen molar-refractivity contribution in [3.8, 4) is 0 Å². The van der Waals surface area contributed by atoms with Crippen molar-refractivity contribution in [3.05, 3.63) is 41.0 Å². The molecule has 0 fully saturated rings. The van der Waals surface area contributed by atoms with Crippen molar-refractivity contribution < 1.29 is 13.2 Å². The third-order valence-electron chi connectivity index (χ3n) is 2.22. The molecule has 0 unspecified atom stereocenters. The van der Waals surface area contributed by atoms with Gasteiger partial charge in [0.2, 0.25) is 0 Å². The largest absolute Gasteiger partial charge is 0.276 e. The Morgan fingerprint density at radius 2 is 2.12 bits per heavy atom. The number of benzene rings is 1. The number of thiol groups is 1. The normalized spacial score (nSPS) is 10.4. The highest BCUT2D eigenvalue weighted by Gasteiger charge is 2.10. The van der Waals surface area contributed by atoms with E-state index in [1.54, 1.807) is 19.1 Å². The maximum absolute atomic E-state index is 11.1. The van der Waals surface area contributed by atoms with Crippen LogP contribution in [0.25, 0.3) is 6.08 Å². The van der Waals surface area contributed by atoms with Crippen LogP contribution in [0, 0.1) is 6.92 Å². The van der Waals surface area contributed by atoms with Gasteiger partial charge >= 0.3 is 0 Å². The second kappa shape index (κ2) is 5.27. The first-order valence-corrected chi connectivity index (χ1v) is 6.27. The van der Waals surface area contributed by atoms with Crippen LogP contribution in [0.15, 0.2) is 18.7 Å². The van der Waals surface area contributed by atoms with E-state index in [-0.39, 0.29) is 5.75 Å². The van der Waals surface area contributed by atoms with Crippen LogP contribution in [0.5, 0.6) is 0 Å². The minimum absolute atomic E-state index is 0.117. The quantitative estimate of drug-likeness (QED) is 0.665. The summed E-state index contributed by atoms with van der Waals surface area (Å²) in [6.45, 7) is 5.34. The summed E-state index contributed by atoms with van der Waals surface area (Å²) in [6, 6.07) is 3.21. The van der Waals surface area contributed by atoms with E-state index < -0.39 is 15.9 Å². The maximum Gasteiger partial charge on any atom is 0.252 e. The van der Waals surface area contributed by atoms with Gasteiger partial charge in [0.05, 0.1) is 5.75 Å². The highest BCUT2D eigenvalue weighted by atomic mass is 35.5. The van der Waals surface area contributed by atoms with Gasteiger partial charge in [0.25, 0.3) is 5.24 Å². The minimum Gasteiger partial charge on any atom is -0.276 e. The summed E-state index contributed by atoms with van der Waals surface area (Å²) in [7, 11) is -2.54. The van der Waals surface area contributed by atoms with Gasteiger partial charge < -0.3 is 0 Å². The van der Waals surface area contributed by atoms with Crippen molar-refractivity contribution in [2.75, 3.05) is 0 Å². The molecule has 0 aromatic heterocycles. The lowest BCUT2D eigenvalue weighted by molar-refractivity contribution is 0.108. The predicted octanol–water partition coefficient (Wildman–Crippen LogP) is 2.13. The molecule has 0 aliphatic heterocycles. The van der Waals surface area contributed by atoms with Gasteiger partial charge in [0, 0.05) is 5.56 Å². The number of halogens is 1. The fraction of sp³-hybridized carbons (Fsp3) is 0.182. The summed E-state index contributed by atoms with van der Waals surface area (Å²) in [6.07, 6.45) is 1.56. The molecule has 0 atom stereocenters. The number of rotatable bonds is 4. The molecule has 0 aliphatic carbocycles. The Bertz CT molecular complexity index is 510. The summed E-state index contributed by atoms with van der Waals surface area (Å²) in [5, 5.41) is -0.588. The summed E-state index contributed by atoms with van der Waals surface area (Å²) in [5.41, 5.74) is 2.29. The number of aryl methyl sites for hydroxylation is 1. The molecule has 0 aliphatic rings. The Labute approximate surface area is 101 Å². The lowest BCUT2D eigenvalue weighted by Crippen LogP contribution is -1.99. The van der Waals surface area contributed by atoms with Crippen molar-refractivity contribution in [1.29, 1.82) is 0 Å². The summed E-state index contributed by atoms with van der Waals surface area (Å²) < 4.78 is 21.4. The molecule has 1 rings (SSSR count). The van der Waals surface area contributed by atoms with Crippen LogP contribution in [0.3, 0.4) is 0 Å². The van der Waals surface area contributed by atoms with Crippen LogP contribution in [0.1, 0.15) is 27.0 Å². The Morgan fingerprint density at radius 3 is 2.56 bits per heavy atom. The molecule has 16 heavy (non-hydrogen) atoms. The fourth-order valence-corrected chi connectivity index (χ4v) is 2.21. The molecular weight excluding hydrogens is 248 g/mol. The first-order valence-electron chi connectivity index (χ1n) is 4.53. The maximum atomic E-state index is 11.1. The van der Waals surface area contributed by atoms with E-state index in [9.17, 15) is 13.2 Å². The van der Waals surface area contributed by atoms with Crippen molar-refractivity contribution in [2.45, 2.75) is 12.7 Å². The molecule has 1 aromatic rings. The first kappa shape index (κ1) is 12.9. The Hall–Kier alpha value is -1.13. The molecule has 5 heteroatoms. The molecule has 1 aromatic carbocycles. The SMILES string of the molecule is C=Cc1cc(C)c(C(=O)Cl)cc1C[SH](=O)=O. The molecule has 0 heterocycles. The second-order valence-corrected chi connectivity index (χ2v) is 4.66. The van der Waals surface area contributed by atoms with Gasteiger partial charge in [-0.15, -0.1) is 0 Å². The third-order valence-corrected chi connectivity index (χ3v) is 3.02. The van der Waals surface area contributed by atoms with Gasteiger partial charge in [-0.25, -0.2) is 8.42 Å². The lowest BCUT2D eigenvalue weighted by atomic mass is 10.0. The van der Waals surface area contributed by atoms with Crippen molar-refractivity contribution >= 4 is 33.6 Å². The van der Waals surface area contributed by atoms with E-state index in [4.69, 9.17) is 11.6 Å². The zero-order valence-electron chi connectivity index (χ0n) is 8.70. The van der Waals surface area contributed by atoms with Crippen molar-refractivity contribution in [1.82, 2.24) is 0 Å². The molecule has 86 valence electrons. The van der Waals surface area contributed by atoms with Crippen molar-refractivity contribution in [3.63, 3.8) is 0 Å². The average Bonchev–Trinajstić information content (AvgIpc) is 2.18. The molecule has 0 amide bonds. The number of carbonyl (C=O) groups excluding carboxylic acids is 1. The van der Waals surface area contributed by atoms with Crippen LogP contribution < -0.4 is 0 Å².